The van der Waals surface area contributed by atoms with E-state index in [-0.39, 0.29) is 0 Å². The van der Waals surface area contributed by atoms with E-state index in [1.54, 1.807) is 18.6 Å². The number of hydrogen-bond donors (Lipinski definition) is 3. The van der Waals surface area contributed by atoms with Gasteiger partial charge in [-0.1, -0.05) is 47.8 Å². The maximum absolute atomic E-state index is 14.3. The van der Waals surface area contributed by atoms with Crippen molar-refractivity contribution in [1.29, 1.82) is 0 Å². The monoisotopic (exact) mass is 677 g/mol. The third kappa shape index (κ3) is 4.40. The number of aromatic amines is 3. The average molecular weight is 680 g/mol. The molecule has 176 valence electrons. The Kier molecular flexibility index (Phi) is 5.72. The van der Waals surface area contributed by atoms with Crippen molar-refractivity contribution in [3.63, 3.8) is 0 Å². The molecule has 0 saturated carbocycles. The van der Waals surface area contributed by atoms with Gasteiger partial charge in [-0.25, -0.2) is 0 Å². The minimum Gasteiger partial charge on any atom is -0.384 e. The summed E-state index contributed by atoms with van der Waals surface area (Å²) in [7, 11) is -4.25. The molecule has 3 aromatic carbocycles. The molecule has 0 aliphatic heterocycles. The predicted molar refractivity (Wildman–Crippen MR) is 147 cm³/mol. The first-order valence-electron chi connectivity index (χ1n) is 10.4. The smallest absolute Gasteiger partial charge is 0.384 e. The van der Waals surface area contributed by atoms with Crippen molar-refractivity contribution < 1.29 is 18.1 Å². The van der Waals surface area contributed by atoms with Crippen molar-refractivity contribution >= 4 is 88.3 Å². The first-order chi connectivity index (χ1) is 16.9. The molecule has 0 bridgehead atoms. The summed E-state index contributed by atoms with van der Waals surface area (Å²) in [6, 6.07) is 17.0. The molecular formula is C24H15Br3N3O4P. The van der Waals surface area contributed by atoms with Gasteiger partial charge in [-0.15, -0.1) is 0 Å². The van der Waals surface area contributed by atoms with Crippen molar-refractivity contribution in [2.45, 2.75) is 0 Å². The number of halogens is 3. The van der Waals surface area contributed by atoms with E-state index in [9.17, 15) is 4.57 Å². The average Bonchev–Trinajstić information content (AvgIpc) is 3.52. The van der Waals surface area contributed by atoms with Crippen molar-refractivity contribution in [2.75, 3.05) is 0 Å². The van der Waals surface area contributed by atoms with Gasteiger partial charge in [0.1, 0.15) is 0 Å². The Morgan fingerprint density at radius 1 is 0.543 bits per heavy atom. The number of fused-ring (bicyclic) bond motifs is 3. The molecule has 6 aromatic rings. The summed E-state index contributed by atoms with van der Waals surface area (Å²) in [5, 5.41) is 2.19. The van der Waals surface area contributed by atoms with Gasteiger partial charge >= 0.3 is 7.82 Å². The van der Waals surface area contributed by atoms with Crippen LogP contribution in [0.15, 0.2) is 86.6 Å². The molecule has 0 saturated heterocycles. The lowest BCUT2D eigenvalue weighted by Crippen LogP contribution is -2.07. The van der Waals surface area contributed by atoms with Crippen LogP contribution in [0.25, 0.3) is 32.7 Å². The number of rotatable bonds is 6. The van der Waals surface area contributed by atoms with Gasteiger partial charge in [0.2, 0.25) is 0 Å². The summed E-state index contributed by atoms with van der Waals surface area (Å²) >= 11 is 10.4. The molecule has 0 atom stereocenters. The summed E-state index contributed by atoms with van der Waals surface area (Å²) < 4.78 is 34.9. The molecule has 3 N–H and O–H groups in total. The van der Waals surface area contributed by atoms with Crippen LogP contribution in [0.3, 0.4) is 0 Å². The molecule has 3 aromatic heterocycles. The van der Waals surface area contributed by atoms with E-state index in [0.717, 1.165) is 46.1 Å². The fourth-order valence-corrected chi connectivity index (χ4v) is 6.22. The van der Waals surface area contributed by atoms with Crippen molar-refractivity contribution in [3.8, 4) is 17.2 Å². The van der Waals surface area contributed by atoms with E-state index in [4.69, 9.17) is 13.6 Å². The molecule has 0 spiro atoms. The van der Waals surface area contributed by atoms with E-state index < -0.39 is 7.82 Å². The highest BCUT2D eigenvalue weighted by Crippen LogP contribution is 2.53. The molecule has 0 aliphatic carbocycles. The fourth-order valence-electron chi connectivity index (χ4n) is 3.85. The van der Waals surface area contributed by atoms with E-state index in [1.807, 2.05) is 54.6 Å². The van der Waals surface area contributed by atoms with E-state index in [2.05, 4.69) is 62.7 Å². The van der Waals surface area contributed by atoms with Gasteiger partial charge in [0.25, 0.3) is 0 Å². The van der Waals surface area contributed by atoms with E-state index in [0.29, 0.717) is 17.2 Å². The Morgan fingerprint density at radius 3 is 1.17 bits per heavy atom. The van der Waals surface area contributed by atoms with Crippen molar-refractivity contribution in [1.82, 2.24) is 15.0 Å². The maximum Gasteiger partial charge on any atom is 0.647 e. The minimum atomic E-state index is -4.25. The van der Waals surface area contributed by atoms with Crippen LogP contribution in [-0.2, 0) is 4.57 Å². The predicted octanol–water partition coefficient (Wildman–Crippen LogP) is 9.06. The highest BCUT2D eigenvalue weighted by molar-refractivity contribution is 9.11. The highest BCUT2D eigenvalue weighted by atomic mass is 79.9. The Morgan fingerprint density at radius 2 is 0.857 bits per heavy atom. The summed E-state index contributed by atoms with van der Waals surface area (Å²) in [5.74, 6) is 1.02. The lowest BCUT2D eigenvalue weighted by Gasteiger charge is -2.18. The second-order valence-corrected chi connectivity index (χ2v) is 11.9. The Bertz CT molecular complexity index is 1570. The van der Waals surface area contributed by atoms with Crippen LogP contribution in [0.4, 0.5) is 0 Å². The molecule has 3 heterocycles. The molecule has 6 rings (SSSR count). The lowest BCUT2D eigenvalue weighted by molar-refractivity contribution is 0.302. The van der Waals surface area contributed by atoms with Crippen LogP contribution in [0, 0.1) is 0 Å². The Labute approximate surface area is 224 Å². The SMILES string of the molecule is O=P(Oc1c[nH]c2ccc(Br)cc12)(Oc1c[nH]c2ccc(Br)cc12)Oc1c[nH]c2ccc(Br)cc12. The topological polar surface area (TPSA) is 92.1 Å². The Balaban J connectivity index is 1.45. The quantitative estimate of drug-likeness (QED) is 0.153. The molecular weight excluding hydrogens is 665 g/mol. The number of phosphoric acid groups is 1. The van der Waals surface area contributed by atoms with Crippen LogP contribution in [-0.4, -0.2) is 15.0 Å². The van der Waals surface area contributed by atoms with Gasteiger partial charge in [-0.3, -0.25) is 0 Å². The number of nitrogens with one attached hydrogen (secondary N) is 3. The van der Waals surface area contributed by atoms with Crippen LogP contribution in [0.5, 0.6) is 17.2 Å². The number of H-pyrrole nitrogens is 3. The lowest BCUT2D eigenvalue weighted by atomic mass is 10.2. The molecule has 0 amide bonds. The van der Waals surface area contributed by atoms with E-state index in [1.165, 1.54) is 0 Å². The second kappa shape index (κ2) is 8.78. The number of phosphoric ester groups is 1. The van der Waals surface area contributed by atoms with Gasteiger partial charge in [0, 0.05) is 64.7 Å². The molecule has 0 aliphatic rings. The largest absolute Gasteiger partial charge is 0.647 e. The molecule has 0 fully saturated rings. The molecule has 7 nitrogen and oxygen atoms in total. The second-order valence-electron chi connectivity index (χ2n) is 7.75. The zero-order chi connectivity index (χ0) is 24.2. The molecule has 11 heteroatoms. The number of hydrogen-bond acceptors (Lipinski definition) is 4. The minimum absolute atomic E-state index is 0.340. The highest BCUT2D eigenvalue weighted by Gasteiger charge is 2.36. The number of benzene rings is 3. The van der Waals surface area contributed by atoms with Gasteiger partial charge in [0.05, 0.1) is 0 Å². The summed E-state index contributed by atoms with van der Waals surface area (Å²) in [4.78, 5) is 9.38. The van der Waals surface area contributed by atoms with Gasteiger partial charge < -0.3 is 28.5 Å². The standard InChI is InChI=1S/C24H15Br3N3O4P/c25-13-1-4-19-16(7-13)22(10-28-19)32-35(31,33-23-11-29-20-5-2-14(26)8-17(20)23)34-24-12-30-21-6-3-15(27)9-18(21)24/h1-12,28-30H. The summed E-state index contributed by atoms with van der Waals surface area (Å²) in [6.07, 6.45) is 4.90. The van der Waals surface area contributed by atoms with Gasteiger partial charge in [-0.2, -0.15) is 4.57 Å². The first kappa shape index (κ1) is 22.8. The molecule has 0 radical (unpaired) electrons. The summed E-state index contributed by atoms with van der Waals surface area (Å²) in [6.45, 7) is 0. The summed E-state index contributed by atoms with van der Waals surface area (Å²) in [5.41, 5.74) is 2.46. The van der Waals surface area contributed by atoms with Gasteiger partial charge in [0.15, 0.2) is 17.2 Å². The Hall–Kier alpha value is -2.65. The van der Waals surface area contributed by atoms with Crippen LogP contribution >= 0.6 is 55.6 Å². The van der Waals surface area contributed by atoms with Crippen molar-refractivity contribution in [2.24, 2.45) is 0 Å². The zero-order valence-corrected chi connectivity index (χ0v) is 23.3. The normalized spacial score (nSPS) is 12.0. The van der Waals surface area contributed by atoms with Crippen LogP contribution in [0.1, 0.15) is 0 Å². The van der Waals surface area contributed by atoms with Crippen LogP contribution in [0.2, 0.25) is 0 Å². The number of aromatic nitrogens is 3. The third-order valence-corrected chi connectivity index (χ3v) is 8.19. The van der Waals surface area contributed by atoms with E-state index >= 15 is 0 Å². The molecule has 0 unspecified atom stereocenters. The fraction of sp³-hybridized carbons (Fsp3) is 0. The van der Waals surface area contributed by atoms with Gasteiger partial charge in [-0.05, 0) is 54.6 Å². The first-order valence-corrected chi connectivity index (χ1v) is 14.2. The zero-order valence-electron chi connectivity index (χ0n) is 17.6. The van der Waals surface area contributed by atoms with Crippen LogP contribution < -0.4 is 13.6 Å². The van der Waals surface area contributed by atoms with Crippen molar-refractivity contribution in [3.05, 3.63) is 86.6 Å². The third-order valence-electron chi connectivity index (χ3n) is 5.45. The molecule has 35 heavy (non-hydrogen) atoms. The maximum atomic E-state index is 14.3.